The Kier molecular flexibility index (Phi) is 49.5. The molecule has 0 amide bonds. The van der Waals surface area contributed by atoms with Gasteiger partial charge < -0.3 is 0 Å². The number of nitrogens with one attached hydrogen (secondary N) is 1. The highest BCUT2D eigenvalue weighted by molar-refractivity contribution is 7.78. The van der Waals surface area contributed by atoms with E-state index >= 15 is 0 Å². The zero-order chi connectivity index (χ0) is 4.71. The SMILES string of the molecule is CC.CNS. The fourth-order valence-corrected chi connectivity index (χ4v) is 0. The maximum absolute atomic E-state index is 3.54. The smallest absolute Gasteiger partial charge is 0.00587 e. The second-order valence-electron chi connectivity index (χ2n) is 0.224. The van der Waals surface area contributed by atoms with E-state index in [9.17, 15) is 0 Å². The molecule has 0 aromatic rings. The Morgan fingerprint density at radius 3 is 1.40 bits per heavy atom. The molecule has 0 fully saturated rings. The van der Waals surface area contributed by atoms with Gasteiger partial charge in [0.1, 0.15) is 0 Å². The summed E-state index contributed by atoms with van der Waals surface area (Å²) in [6, 6.07) is 0. The van der Waals surface area contributed by atoms with Crippen LogP contribution in [-0.4, -0.2) is 7.05 Å². The Balaban J connectivity index is 0. The van der Waals surface area contributed by atoms with Gasteiger partial charge in [-0.1, -0.05) is 26.7 Å². The molecule has 0 aromatic carbocycles. The molecule has 0 heterocycles. The van der Waals surface area contributed by atoms with Crippen molar-refractivity contribution in [3.05, 3.63) is 0 Å². The summed E-state index contributed by atoms with van der Waals surface area (Å²) in [5.74, 6) is 0. The number of hydrogen-bond acceptors (Lipinski definition) is 2. The normalized spacial score (nSPS) is 4.80. The largest absolute Gasteiger partial charge is 0.270 e. The highest BCUT2D eigenvalue weighted by Crippen LogP contribution is 1.35. The summed E-state index contributed by atoms with van der Waals surface area (Å²) in [4.78, 5) is 0. The van der Waals surface area contributed by atoms with E-state index in [-0.39, 0.29) is 0 Å². The minimum atomic E-state index is 1.74. The molecule has 0 atom stereocenters. The zero-order valence-electron chi connectivity index (χ0n) is 3.95. The van der Waals surface area contributed by atoms with Crippen molar-refractivity contribution in [3.63, 3.8) is 0 Å². The van der Waals surface area contributed by atoms with Crippen LogP contribution in [0.5, 0.6) is 0 Å². The highest BCUT2D eigenvalue weighted by Gasteiger charge is 1.26. The van der Waals surface area contributed by atoms with Gasteiger partial charge >= 0.3 is 0 Å². The molecule has 34 valence electrons. The zero-order valence-corrected chi connectivity index (χ0v) is 4.84. The Hall–Kier alpha value is 0.310. The third-order valence-corrected chi connectivity index (χ3v) is 0. The molecule has 0 aliphatic carbocycles. The van der Waals surface area contributed by atoms with Gasteiger partial charge in [-0.05, 0) is 7.05 Å². The molecule has 5 heavy (non-hydrogen) atoms. The van der Waals surface area contributed by atoms with Gasteiger partial charge in [-0.15, -0.1) is 0 Å². The minimum absolute atomic E-state index is 1.74. The van der Waals surface area contributed by atoms with E-state index in [4.69, 9.17) is 0 Å². The average Bonchev–Trinajstić information content (AvgIpc) is 1.46. The molecule has 0 aliphatic rings. The fraction of sp³-hybridized carbons (Fsp3) is 1.00. The van der Waals surface area contributed by atoms with Crippen LogP contribution >= 0.6 is 12.8 Å². The molecule has 0 aliphatic heterocycles. The number of hydrogen-bond donors (Lipinski definition) is 2. The lowest BCUT2D eigenvalue weighted by Gasteiger charge is -1.58. The average molecular weight is 93.2 g/mol. The Morgan fingerprint density at radius 2 is 1.40 bits per heavy atom. The fourth-order valence-electron chi connectivity index (χ4n) is 0. The molecular formula is C3H11NS. The quantitative estimate of drug-likeness (QED) is 0.427. The topological polar surface area (TPSA) is 12.0 Å². The summed E-state index contributed by atoms with van der Waals surface area (Å²) in [7, 11) is 1.74. The standard InChI is InChI=1S/C2H6.CH5NS/c1-2;1-2-3/h1-2H3;2-3H,1H3. The summed E-state index contributed by atoms with van der Waals surface area (Å²) in [5, 5.41) is 0. The van der Waals surface area contributed by atoms with Crippen LogP contribution in [0.2, 0.25) is 0 Å². The monoisotopic (exact) mass is 93.1 g/mol. The Bertz CT molecular complexity index is 6.85. The van der Waals surface area contributed by atoms with Gasteiger partial charge in [-0.25, -0.2) is 0 Å². The molecule has 0 unspecified atom stereocenters. The van der Waals surface area contributed by atoms with Crippen LogP contribution in [0.1, 0.15) is 13.8 Å². The van der Waals surface area contributed by atoms with Crippen LogP contribution in [0, 0.1) is 0 Å². The lowest BCUT2D eigenvalue weighted by molar-refractivity contribution is 1.32. The van der Waals surface area contributed by atoms with Crippen molar-refractivity contribution in [2.24, 2.45) is 0 Å². The van der Waals surface area contributed by atoms with Gasteiger partial charge in [-0.3, -0.25) is 4.72 Å². The van der Waals surface area contributed by atoms with Crippen molar-refractivity contribution in [1.29, 1.82) is 0 Å². The summed E-state index contributed by atoms with van der Waals surface area (Å²) >= 11 is 3.54. The maximum atomic E-state index is 3.54. The molecule has 0 spiro atoms. The van der Waals surface area contributed by atoms with E-state index in [1.807, 2.05) is 13.8 Å². The second-order valence-corrected chi connectivity index (χ2v) is 0.671. The lowest BCUT2D eigenvalue weighted by Crippen LogP contribution is -1.76. The summed E-state index contributed by atoms with van der Waals surface area (Å²) in [6.45, 7) is 4.00. The van der Waals surface area contributed by atoms with Crippen LogP contribution in [0.4, 0.5) is 0 Å². The Morgan fingerprint density at radius 1 is 1.40 bits per heavy atom. The van der Waals surface area contributed by atoms with E-state index in [0.29, 0.717) is 0 Å². The lowest BCUT2D eigenvalue weighted by atomic mass is 11.0. The Labute approximate surface area is 39.3 Å². The van der Waals surface area contributed by atoms with E-state index in [1.165, 1.54) is 0 Å². The molecule has 0 rings (SSSR count). The van der Waals surface area contributed by atoms with Gasteiger partial charge in [-0.2, -0.15) is 0 Å². The van der Waals surface area contributed by atoms with Gasteiger partial charge in [0.25, 0.3) is 0 Å². The van der Waals surface area contributed by atoms with Gasteiger partial charge in [0.15, 0.2) is 0 Å². The predicted octanol–water partition coefficient (Wildman–Crippen LogP) is 1.08. The van der Waals surface area contributed by atoms with Gasteiger partial charge in [0.2, 0.25) is 0 Å². The summed E-state index contributed by atoms with van der Waals surface area (Å²) < 4.78 is 2.44. The molecule has 1 N–H and O–H groups in total. The van der Waals surface area contributed by atoms with E-state index in [2.05, 4.69) is 17.5 Å². The molecule has 0 bridgehead atoms. The van der Waals surface area contributed by atoms with Crippen molar-refractivity contribution >= 4 is 12.8 Å². The predicted molar refractivity (Wildman–Crippen MR) is 29.4 cm³/mol. The van der Waals surface area contributed by atoms with E-state index < -0.39 is 0 Å². The third-order valence-electron chi connectivity index (χ3n) is 0. The van der Waals surface area contributed by atoms with Gasteiger partial charge in [0.05, 0.1) is 0 Å². The third kappa shape index (κ3) is 239. The van der Waals surface area contributed by atoms with Crippen LogP contribution in [-0.2, 0) is 0 Å². The van der Waals surface area contributed by atoms with Gasteiger partial charge in [0, 0.05) is 0 Å². The first-order valence-electron chi connectivity index (χ1n) is 1.72. The van der Waals surface area contributed by atoms with Crippen molar-refractivity contribution in [2.45, 2.75) is 13.8 Å². The highest BCUT2D eigenvalue weighted by atomic mass is 32.1. The van der Waals surface area contributed by atoms with Crippen LogP contribution < -0.4 is 4.72 Å². The molecule has 0 saturated heterocycles. The molecule has 0 radical (unpaired) electrons. The van der Waals surface area contributed by atoms with Crippen LogP contribution in [0.3, 0.4) is 0 Å². The minimum Gasteiger partial charge on any atom is -0.270 e. The molecule has 0 saturated carbocycles. The van der Waals surface area contributed by atoms with E-state index in [1.54, 1.807) is 7.05 Å². The van der Waals surface area contributed by atoms with Crippen molar-refractivity contribution in [3.8, 4) is 0 Å². The van der Waals surface area contributed by atoms with Crippen molar-refractivity contribution in [1.82, 2.24) is 4.72 Å². The van der Waals surface area contributed by atoms with Crippen LogP contribution in [0.25, 0.3) is 0 Å². The van der Waals surface area contributed by atoms with E-state index in [0.717, 1.165) is 0 Å². The van der Waals surface area contributed by atoms with Crippen LogP contribution in [0.15, 0.2) is 0 Å². The summed E-state index contributed by atoms with van der Waals surface area (Å²) in [6.07, 6.45) is 0. The van der Waals surface area contributed by atoms with Crippen molar-refractivity contribution in [2.75, 3.05) is 7.05 Å². The number of rotatable bonds is 0. The first-order chi connectivity index (χ1) is 2.41. The summed E-state index contributed by atoms with van der Waals surface area (Å²) in [5.41, 5.74) is 0. The first kappa shape index (κ1) is 9.00. The second kappa shape index (κ2) is 27.5. The first-order valence-corrected chi connectivity index (χ1v) is 2.17. The molecular weight excluding hydrogens is 82.1 g/mol. The number of thiol groups is 1. The molecule has 0 aromatic heterocycles. The maximum Gasteiger partial charge on any atom is -0.00587 e. The molecule has 2 heteroatoms. The van der Waals surface area contributed by atoms with Crippen molar-refractivity contribution < 1.29 is 0 Å². The molecule has 1 nitrogen and oxygen atoms in total.